The van der Waals surface area contributed by atoms with E-state index in [4.69, 9.17) is 4.74 Å². The number of rotatable bonds is 6. The summed E-state index contributed by atoms with van der Waals surface area (Å²) in [6, 6.07) is 11.7. The number of ether oxygens (including phenoxy) is 1. The largest absolute Gasteiger partial charge is 0.494 e. The zero-order valence-electron chi connectivity index (χ0n) is 13.1. The molecule has 2 heterocycles. The lowest BCUT2D eigenvalue weighted by Gasteiger charge is -2.03. The summed E-state index contributed by atoms with van der Waals surface area (Å²) >= 11 is 2.99. The molecule has 0 aliphatic heterocycles. The van der Waals surface area contributed by atoms with Gasteiger partial charge in [-0.25, -0.2) is 4.98 Å². The Morgan fingerprint density at radius 1 is 1.25 bits per heavy atom. The highest BCUT2D eigenvalue weighted by molar-refractivity contribution is 7.14. The molecule has 24 heavy (non-hydrogen) atoms. The van der Waals surface area contributed by atoms with E-state index in [-0.39, 0.29) is 5.91 Å². The summed E-state index contributed by atoms with van der Waals surface area (Å²) in [7, 11) is 0. The van der Waals surface area contributed by atoms with Gasteiger partial charge in [-0.15, -0.1) is 22.7 Å². The van der Waals surface area contributed by atoms with Crippen LogP contribution in [0.3, 0.4) is 0 Å². The van der Waals surface area contributed by atoms with E-state index in [1.54, 1.807) is 17.4 Å². The van der Waals surface area contributed by atoms with Crippen LogP contribution in [0, 0.1) is 0 Å². The maximum Gasteiger partial charge on any atom is 0.250 e. The van der Waals surface area contributed by atoms with Gasteiger partial charge in [0.25, 0.3) is 0 Å². The van der Waals surface area contributed by atoms with Crippen molar-refractivity contribution in [1.29, 1.82) is 0 Å². The van der Waals surface area contributed by atoms with Crippen LogP contribution in [-0.4, -0.2) is 17.5 Å². The van der Waals surface area contributed by atoms with Gasteiger partial charge in [-0.3, -0.25) is 10.1 Å². The third-order valence-electron chi connectivity index (χ3n) is 3.14. The topological polar surface area (TPSA) is 51.2 Å². The van der Waals surface area contributed by atoms with Crippen LogP contribution in [0.15, 0.2) is 53.2 Å². The summed E-state index contributed by atoms with van der Waals surface area (Å²) in [5.74, 6) is 0.653. The Morgan fingerprint density at radius 3 is 2.79 bits per heavy atom. The molecule has 0 aliphatic carbocycles. The van der Waals surface area contributed by atoms with Gasteiger partial charge >= 0.3 is 0 Å². The standard InChI is InChI=1S/C18H16N2O2S2/c1-2-22-14-7-5-13(6-8-14)16-12-24-18(19-16)20-17(21)10-9-15-4-3-11-23-15/h3-12H,2H2,1H3,(H,19,20,21). The Bertz CT molecular complexity index is 821. The minimum atomic E-state index is -0.184. The maximum atomic E-state index is 11.9. The Morgan fingerprint density at radius 2 is 2.08 bits per heavy atom. The highest BCUT2D eigenvalue weighted by Crippen LogP contribution is 2.26. The fraction of sp³-hybridized carbons (Fsp3) is 0.111. The predicted molar refractivity (Wildman–Crippen MR) is 101 cm³/mol. The summed E-state index contributed by atoms with van der Waals surface area (Å²) in [5, 5.41) is 7.27. The van der Waals surface area contributed by atoms with Crippen molar-refractivity contribution >= 4 is 39.8 Å². The van der Waals surface area contributed by atoms with Gasteiger partial charge in [-0.05, 0) is 48.7 Å². The highest BCUT2D eigenvalue weighted by Gasteiger charge is 2.07. The zero-order chi connectivity index (χ0) is 16.8. The summed E-state index contributed by atoms with van der Waals surface area (Å²) in [5.41, 5.74) is 1.82. The molecule has 0 aliphatic rings. The lowest BCUT2D eigenvalue weighted by molar-refractivity contribution is -0.111. The monoisotopic (exact) mass is 356 g/mol. The Balaban J connectivity index is 1.63. The Labute approximate surface area is 148 Å². The molecular weight excluding hydrogens is 340 g/mol. The van der Waals surface area contributed by atoms with Crippen LogP contribution in [-0.2, 0) is 4.79 Å². The van der Waals surface area contributed by atoms with Crippen LogP contribution in [0.2, 0.25) is 0 Å². The van der Waals surface area contributed by atoms with Crippen molar-refractivity contribution in [3.8, 4) is 17.0 Å². The number of hydrogen-bond donors (Lipinski definition) is 1. The molecule has 0 fully saturated rings. The minimum absolute atomic E-state index is 0.184. The molecule has 0 spiro atoms. The SMILES string of the molecule is CCOc1ccc(-c2csc(NC(=O)C=Cc3cccs3)n2)cc1. The van der Waals surface area contributed by atoms with Gasteiger partial charge in [-0.1, -0.05) is 6.07 Å². The highest BCUT2D eigenvalue weighted by atomic mass is 32.1. The third-order valence-corrected chi connectivity index (χ3v) is 4.73. The second-order valence-electron chi connectivity index (χ2n) is 4.83. The zero-order valence-corrected chi connectivity index (χ0v) is 14.7. The van der Waals surface area contributed by atoms with Crippen LogP contribution in [0.4, 0.5) is 5.13 Å². The molecule has 2 aromatic heterocycles. The number of amides is 1. The molecule has 0 unspecified atom stereocenters. The number of carbonyl (C=O) groups excluding carboxylic acids is 1. The molecule has 0 radical (unpaired) electrons. The lowest BCUT2D eigenvalue weighted by Crippen LogP contribution is -2.07. The Kier molecular flexibility index (Phi) is 5.40. The van der Waals surface area contributed by atoms with Crippen LogP contribution < -0.4 is 10.1 Å². The molecular formula is C18H16N2O2S2. The van der Waals surface area contributed by atoms with Gasteiger partial charge in [-0.2, -0.15) is 0 Å². The van der Waals surface area contributed by atoms with Crippen LogP contribution in [0.1, 0.15) is 11.8 Å². The molecule has 3 aromatic rings. The molecule has 4 nitrogen and oxygen atoms in total. The van der Waals surface area contributed by atoms with Gasteiger partial charge in [0.2, 0.25) is 5.91 Å². The van der Waals surface area contributed by atoms with E-state index in [2.05, 4.69) is 10.3 Å². The molecule has 122 valence electrons. The van der Waals surface area contributed by atoms with Crippen molar-refractivity contribution in [1.82, 2.24) is 4.98 Å². The molecule has 1 aromatic carbocycles. The smallest absolute Gasteiger partial charge is 0.250 e. The first-order chi connectivity index (χ1) is 11.7. The normalized spacial score (nSPS) is 10.9. The summed E-state index contributed by atoms with van der Waals surface area (Å²) in [6.45, 7) is 2.60. The molecule has 0 saturated carbocycles. The van der Waals surface area contributed by atoms with Crippen molar-refractivity contribution in [2.75, 3.05) is 11.9 Å². The third kappa shape index (κ3) is 4.31. The first-order valence-electron chi connectivity index (χ1n) is 7.46. The van der Waals surface area contributed by atoms with Crippen molar-refractivity contribution in [2.45, 2.75) is 6.92 Å². The van der Waals surface area contributed by atoms with Crippen molar-refractivity contribution < 1.29 is 9.53 Å². The van der Waals surface area contributed by atoms with Crippen molar-refractivity contribution in [3.05, 3.63) is 58.1 Å². The van der Waals surface area contributed by atoms with Gasteiger partial charge < -0.3 is 4.74 Å². The number of thiazole rings is 1. The van der Waals surface area contributed by atoms with E-state index in [9.17, 15) is 4.79 Å². The first kappa shape index (κ1) is 16.4. The van der Waals surface area contributed by atoms with E-state index in [1.165, 1.54) is 17.4 Å². The van der Waals surface area contributed by atoms with Gasteiger partial charge in [0.1, 0.15) is 5.75 Å². The molecule has 0 bridgehead atoms. The molecule has 1 N–H and O–H groups in total. The van der Waals surface area contributed by atoms with Crippen LogP contribution >= 0.6 is 22.7 Å². The van der Waals surface area contributed by atoms with Crippen molar-refractivity contribution in [3.63, 3.8) is 0 Å². The molecule has 6 heteroatoms. The summed E-state index contributed by atoms with van der Waals surface area (Å²) in [4.78, 5) is 17.4. The molecule has 1 amide bonds. The average molecular weight is 356 g/mol. The van der Waals surface area contributed by atoms with E-state index < -0.39 is 0 Å². The van der Waals surface area contributed by atoms with Crippen LogP contribution in [0.5, 0.6) is 5.75 Å². The first-order valence-corrected chi connectivity index (χ1v) is 9.22. The van der Waals surface area contributed by atoms with Crippen molar-refractivity contribution in [2.24, 2.45) is 0 Å². The number of thiophene rings is 1. The van der Waals surface area contributed by atoms with Gasteiger partial charge in [0.05, 0.1) is 12.3 Å². The second kappa shape index (κ2) is 7.90. The number of aromatic nitrogens is 1. The second-order valence-corrected chi connectivity index (χ2v) is 6.67. The maximum absolute atomic E-state index is 11.9. The number of carbonyl (C=O) groups is 1. The quantitative estimate of drug-likeness (QED) is 0.638. The summed E-state index contributed by atoms with van der Waals surface area (Å²) < 4.78 is 5.43. The minimum Gasteiger partial charge on any atom is -0.494 e. The number of hydrogen-bond acceptors (Lipinski definition) is 5. The number of benzene rings is 1. The predicted octanol–water partition coefficient (Wildman–Crippen LogP) is 4.92. The molecule has 0 saturated heterocycles. The average Bonchev–Trinajstić information content (AvgIpc) is 3.26. The summed E-state index contributed by atoms with van der Waals surface area (Å²) in [6.07, 6.45) is 3.31. The van der Waals surface area contributed by atoms with E-state index in [0.717, 1.165) is 21.9 Å². The van der Waals surface area contributed by atoms with Gasteiger partial charge in [0.15, 0.2) is 5.13 Å². The van der Waals surface area contributed by atoms with E-state index >= 15 is 0 Å². The fourth-order valence-corrected chi connectivity index (χ4v) is 3.38. The van der Waals surface area contributed by atoms with E-state index in [1.807, 2.05) is 54.1 Å². The van der Waals surface area contributed by atoms with Gasteiger partial charge in [0, 0.05) is 21.9 Å². The molecule has 0 atom stereocenters. The van der Waals surface area contributed by atoms with Crippen LogP contribution in [0.25, 0.3) is 17.3 Å². The fourth-order valence-electron chi connectivity index (χ4n) is 2.04. The lowest BCUT2D eigenvalue weighted by atomic mass is 10.2. The Hall–Kier alpha value is -2.44. The number of nitrogens with zero attached hydrogens (tertiary/aromatic N) is 1. The number of nitrogens with one attached hydrogen (secondary N) is 1. The van der Waals surface area contributed by atoms with E-state index in [0.29, 0.717) is 11.7 Å². The number of anilines is 1. The molecule has 3 rings (SSSR count).